The fraction of sp³-hybridized carbons (Fsp3) is 0.0588. The van der Waals surface area contributed by atoms with Gasteiger partial charge in [0, 0.05) is 35.5 Å². The van der Waals surface area contributed by atoms with Gasteiger partial charge in [-0.3, -0.25) is 10.1 Å². The Hall–Kier alpha value is -3.42. The monoisotopic (exact) mass is 343 g/mol. The lowest BCUT2D eigenvalue weighted by molar-refractivity contribution is -0.384. The summed E-state index contributed by atoms with van der Waals surface area (Å²) in [7, 11) is 0. The molecule has 0 saturated carbocycles. The van der Waals surface area contributed by atoms with Gasteiger partial charge in [0.2, 0.25) is 5.88 Å². The highest BCUT2D eigenvalue weighted by Gasteiger charge is 2.13. The maximum Gasteiger partial charge on any atom is 0.270 e. The van der Waals surface area contributed by atoms with Gasteiger partial charge in [0.15, 0.2) is 17.4 Å². The van der Waals surface area contributed by atoms with Crippen molar-refractivity contribution in [2.45, 2.75) is 6.92 Å². The van der Waals surface area contributed by atoms with E-state index in [2.05, 4.69) is 9.97 Å². The number of ether oxygens (including phenoxy) is 1. The van der Waals surface area contributed by atoms with Crippen LogP contribution in [0.4, 0.5) is 14.5 Å². The van der Waals surface area contributed by atoms with E-state index in [9.17, 15) is 18.9 Å². The van der Waals surface area contributed by atoms with Crippen LogP contribution < -0.4 is 4.74 Å². The average molecular weight is 343 g/mol. The minimum Gasteiger partial charge on any atom is -0.436 e. The third-order valence-electron chi connectivity index (χ3n) is 3.25. The number of hydrogen-bond acceptors (Lipinski definition) is 5. The van der Waals surface area contributed by atoms with Crippen LogP contribution in [0, 0.1) is 28.7 Å². The minimum absolute atomic E-state index is 0.00138. The van der Waals surface area contributed by atoms with Crippen molar-refractivity contribution >= 4 is 5.69 Å². The fourth-order valence-electron chi connectivity index (χ4n) is 2.15. The van der Waals surface area contributed by atoms with Gasteiger partial charge in [-0.1, -0.05) is 12.1 Å². The summed E-state index contributed by atoms with van der Waals surface area (Å²) in [6.07, 6.45) is 0. The molecule has 0 atom stereocenters. The summed E-state index contributed by atoms with van der Waals surface area (Å²) in [4.78, 5) is 18.7. The smallest absolute Gasteiger partial charge is 0.270 e. The number of halogens is 2. The first-order valence-corrected chi connectivity index (χ1v) is 7.16. The SMILES string of the molecule is Cc1cc(Oc2cc(F)ccc2F)nc(-c2cccc([N+](=O)[O-])c2)n1. The maximum absolute atomic E-state index is 13.7. The molecule has 0 saturated heterocycles. The molecule has 0 spiro atoms. The minimum atomic E-state index is -0.741. The Labute approximate surface area is 140 Å². The largest absolute Gasteiger partial charge is 0.436 e. The van der Waals surface area contributed by atoms with Gasteiger partial charge in [0.05, 0.1) is 4.92 Å². The number of aryl methyl sites for hydroxylation is 1. The van der Waals surface area contributed by atoms with Gasteiger partial charge in [-0.25, -0.2) is 13.8 Å². The Morgan fingerprint density at radius 3 is 2.64 bits per heavy atom. The fourth-order valence-corrected chi connectivity index (χ4v) is 2.15. The second-order valence-corrected chi connectivity index (χ2v) is 5.16. The first-order chi connectivity index (χ1) is 11.9. The van der Waals surface area contributed by atoms with Crippen molar-refractivity contribution in [3.8, 4) is 23.0 Å². The highest BCUT2D eigenvalue weighted by molar-refractivity contribution is 5.59. The first kappa shape index (κ1) is 16.4. The molecular formula is C17H11F2N3O3. The predicted molar refractivity (Wildman–Crippen MR) is 85.3 cm³/mol. The third kappa shape index (κ3) is 3.74. The van der Waals surface area contributed by atoms with E-state index in [1.807, 2.05) is 0 Å². The number of benzene rings is 2. The van der Waals surface area contributed by atoms with E-state index >= 15 is 0 Å². The van der Waals surface area contributed by atoms with Crippen LogP contribution in [0.1, 0.15) is 5.69 Å². The summed E-state index contributed by atoms with van der Waals surface area (Å²) in [6, 6.07) is 10.0. The van der Waals surface area contributed by atoms with Crippen LogP contribution in [0.2, 0.25) is 0 Å². The molecule has 0 unspecified atom stereocenters. The van der Waals surface area contributed by atoms with Gasteiger partial charge in [-0.05, 0) is 19.1 Å². The molecule has 1 heterocycles. The lowest BCUT2D eigenvalue weighted by Gasteiger charge is -2.08. The topological polar surface area (TPSA) is 78.2 Å². The Kier molecular flexibility index (Phi) is 4.34. The quantitative estimate of drug-likeness (QED) is 0.517. The summed E-state index contributed by atoms with van der Waals surface area (Å²) >= 11 is 0. The standard InChI is InChI=1S/C17H11F2N3O3/c1-10-7-16(25-15-9-12(18)5-6-14(15)19)21-17(20-10)11-3-2-4-13(8-11)22(23)24/h2-9H,1H3. The molecule has 25 heavy (non-hydrogen) atoms. The summed E-state index contributed by atoms with van der Waals surface area (Å²) < 4.78 is 32.3. The molecule has 1 aromatic heterocycles. The van der Waals surface area contributed by atoms with Crippen LogP contribution in [0.5, 0.6) is 11.6 Å². The molecule has 0 bridgehead atoms. The van der Waals surface area contributed by atoms with Crippen molar-refractivity contribution < 1.29 is 18.4 Å². The second-order valence-electron chi connectivity index (χ2n) is 5.16. The molecule has 6 nitrogen and oxygen atoms in total. The lowest BCUT2D eigenvalue weighted by atomic mass is 10.2. The second kappa shape index (κ2) is 6.60. The van der Waals surface area contributed by atoms with Gasteiger partial charge in [-0.15, -0.1) is 0 Å². The van der Waals surface area contributed by atoms with Crippen molar-refractivity contribution in [2.24, 2.45) is 0 Å². The molecule has 3 rings (SSSR count). The van der Waals surface area contributed by atoms with E-state index in [1.54, 1.807) is 13.0 Å². The normalized spacial score (nSPS) is 10.5. The number of rotatable bonds is 4. The van der Waals surface area contributed by atoms with Gasteiger partial charge >= 0.3 is 0 Å². The van der Waals surface area contributed by atoms with Crippen molar-refractivity contribution in [2.75, 3.05) is 0 Å². The van der Waals surface area contributed by atoms with Crippen LogP contribution in [0.3, 0.4) is 0 Å². The van der Waals surface area contributed by atoms with Gasteiger partial charge in [0.1, 0.15) is 5.82 Å². The molecule has 0 aliphatic carbocycles. The molecule has 0 amide bonds. The summed E-state index contributed by atoms with van der Waals surface area (Å²) in [6.45, 7) is 1.66. The van der Waals surface area contributed by atoms with E-state index in [-0.39, 0.29) is 23.1 Å². The van der Waals surface area contributed by atoms with Gasteiger partial charge in [0.25, 0.3) is 5.69 Å². The van der Waals surface area contributed by atoms with Gasteiger partial charge < -0.3 is 4.74 Å². The number of nitrogens with zero attached hydrogens (tertiary/aromatic N) is 3. The first-order valence-electron chi connectivity index (χ1n) is 7.16. The zero-order valence-electron chi connectivity index (χ0n) is 12.9. The molecule has 8 heteroatoms. The van der Waals surface area contributed by atoms with E-state index in [0.717, 1.165) is 18.2 Å². The van der Waals surface area contributed by atoms with Crippen LogP contribution in [0.15, 0.2) is 48.5 Å². The molecule has 126 valence electrons. The summed E-state index contributed by atoms with van der Waals surface area (Å²) in [5, 5.41) is 10.9. The third-order valence-corrected chi connectivity index (χ3v) is 3.25. The van der Waals surface area contributed by atoms with Crippen LogP contribution in [0.25, 0.3) is 11.4 Å². The number of non-ortho nitro benzene ring substituents is 1. The van der Waals surface area contributed by atoms with E-state index < -0.39 is 16.6 Å². The molecule has 2 aromatic carbocycles. The molecular weight excluding hydrogens is 332 g/mol. The molecule has 0 fully saturated rings. The molecule has 0 radical (unpaired) electrons. The Morgan fingerprint density at radius 2 is 1.88 bits per heavy atom. The molecule has 0 aliphatic heterocycles. The van der Waals surface area contributed by atoms with Crippen LogP contribution >= 0.6 is 0 Å². The number of nitro groups is 1. The summed E-state index contributed by atoms with van der Waals surface area (Å²) in [5.74, 6) is -1.53. The maximum atomic E-state index is 13.7. The Bertz CT molecular complexity index is 964. The highest BCUT2D eigenvalue weighted by atomic mass is 19.1. The number of nitro benzene ring substituents is 1. The number of aromatic nitrogens is 2. The van der Waals surface area contributed by atoms with E-state index in [4.69, 9.17) is 4.74 Å². The van der Waals surface area contributed by atoms with Crippen LogP contribution in [-0.2, 0) is 0 Å². The van der Waals surface area contributed by atoms with E-state index in [0.29, 0.717) is 11.3 Å². The average Bonchev–Trinajstić information content (AvgIpc) is 2.58. The summed E-state index contributed by atoms with van der Waals surface area (Å²) in [5.41, 5.74) is 0.798. The van der Waals surface area contributed by atoms with Crippen molar-refractivity contribution in [3.05, 3.63) is 76.0 Å². The van der Waals surface area contributed by atoms with E-state index in [1.165, 1.54) is 24.3 Å². The predicted octanol–water partition coefficient (Wildman–Crippen LogP) is 4.43. The zero-order chi connectivity index (χ0) is 18.0. The molecule has 3 aromatic rings. The van der Waals surface area contributed by atoms with Crippen molar-refractivity contribution in [3.63, 3.8) is 0 Å². The van der Waals surface area contributed by atoms with Crippen molar-refractivity contribution in [1.29, 1.82) is 0 Å². The number of hydrogen-bond donors (Lipinski definition) is 0. The van der Waals surface area contributed by atoms with Crippen molar-refractivity contribution in [1.82, 2.24) is 9.97 Å². The van der Waals surface area contributed by atoms with Crippen LogP contribution in [-0.4, -0.2) is 14.9 Å². The molecule has 0 aliphatic rings. The zero-order valence-corrected chi connectivity index (χ0v) is 12.9. The highest BCUT2D eigenvalue weighted by Crippen LogP contribution is 2.27. The lowest BCUT2D eigenvalue weighted by Crippen LogP contribution is -1.98. The Balaban J connectivity index is 2.00. The molecule has 0 N–H and O–H groups in total. The Morgan fingerprint density at radius 1 is 1.08 bits per heavy atom. The van der Waals surface area contributed by atoms with Gasteiger partial charge in [-0.2, -0.15) is 4.98 Å².